The van der Waals surface area contributed by atoms with Gasteiger partial charge < -0.3 is 24.0 Å². The molecule has 1 N–H and O–H groups in total. The standard InChI is InChI=1S/C23H26N4O4/c1-17-22(15-25-31-17)26-23(28)27-9-7-18(8-10-27)12-19-4-2-6-21(13-19)29-11-3-5-20-14-24-30-16-20/h2,4,6,12-16H,3,5,7-11H2,1H3,(H,26,28). The number of nitrogens with zero attached hydrogens (tertiary/aromatic N) is 3. The smallest absolute Gasteiger partial charge is 0.322 e. The molecule has 0 unspecified atom stereocenters. The van der Waals surface area contributed by atoms with E-state index in [1.54, 1.807) is 19.4 Å². The summed E-state index contributed by atoms with van der Waals surface area (Å²) in [6, 6.07) is 7.99. The number of carbonyl (C=O) groups is 1. The number of aromatic nitrogens is 2. The molecule has 1 aliphatic rings. The maximum absolute atomic E-state index is 12.4. The minimum atomic E-state index is -0.119. The number of amides is 2. The molecule has 0 radical (unpaired) electrons. The number of anilines is 1. The molecule has 162 valence electrons. The van der Waals surface area contributed by atoms with Crippen molar-refractivity contribution >= 4 is 17.8 Å². The van der Waals surface area contributed by atoms with Crippen LogP contribution in [-0.2, 0) is 6.42 Å². The highest BCUT2D eigenvalue weighted by atomic mass is 16.5. The summed E-state index contributed by atoms with van der Waals surface area (Å²) in [7, 11) is 0. The molecule has 4 rings (SSSR count). The number of likely N-dealkylation sites (tertiary alicyclic amines) is 1. The predicted molar refractivity (Wildman–Crippen MR) is 116 cm³/mol. The maximum atomic E-state index is 12.4. The molecule has 2 amide bonds. The van der Waals surface area contributed by atoms with Gasteiger partial charge in [0.05, 0.1) is 19.0 Å². The molecule has 0 atom stereocenters. The number of hydrogen-bond acceptors (Lipinski definition) is 6. The van der Waals surface area contributed by atoms with Gasteiger partial charge in [0.25, 0.3) is 0 Å². The zero-order valence-corrected chi connectivity index (χ0v) is 17.5. The molecule has 2 aromatic heterocycles. The van der Waals surface area contributed by atoms with Gasteiger partial charge in [-0.1, -0.05) is 34.1 Å². The highest BCUT2D eigenvalue weighted by Gasteiger charge is 2.20. The molecule has 1 fully saturated rings. The fourth-order valence-corrected chi connectivity index (χ4v) is 3.50. The van der Waals surface area contributed by atoms with Crippen LogP contribution < -0.4 is 10.1 Å². The lowest BCUT2D eigenvalue weighted by Gasteiger charge is -2.28. The molecule has 31 heavy (non-hydrogen) atoms. The Labute approximate surface area is 180 Å². The molecule has 0 saturated carbocycles. The van der Waals surface area contributed by atoms with Gasteiger partial charge >= 0.3 is 6.03 Å². The summed E-state index contributed by atoms with van der Waals surface area (Å²) in [6.45, 7) is 3.78. The third kappa shape index (κ3) is 5.75. The molecule has 1 saturated heterocycles. The SMILES string of the molecule is Cc1oncc1NC(=O)N1CCC(=Cc2cccc(OCCCc3cnoc3)c2)CC1. The average molecular weight is 422 g/mol. The summed E-state index contributed by atoms with van der Waals surface area (Å²) >= 11 is 0. The van der Waals surface area contributed by atoms with E-state index in [1.165, 1.54) is 11.8 Å². The first-order chi connectivity index (χ1) is 15.2. The number of hydrogen-bond donors (Lipinski definition) is 1. The number of carbonyl (C=O) groups excluding carboxylic acids is 1. The van der Waals surface area contributed by atoms with Crippen LogP contribution in [0.4, 0.5) is 10.5 Å². The average Bonchev–Trinajstić information content (AvgIpc) is 3.44. The third-order valence-corrected chi connectivity index (χ3v) is 5.28. The van der Waals surface area contributed by atoms with Crippen molar-refractivity contribution in [1.29, 1.82) is 0 Å². The van der Waals surface area contributed by atoms with E-state index in [9.17, 15) is 4.79 Å². The highest BCUT2D eigenvalue weighted by Crippen LogP contribution is 2.23. The van der Waals surface area contributed by atoms with Crippen LogP contribution >= 0.6 is 0 Å². The second kappa shape index (κ2) is 9.97. The first-order valence-corrected chi connectivity index (χ1v) is 10.4. The predicted octanol–water partition coefficient (Wildman–Crippen LogP) is 4.69. The lowest BCUT2D eigenvalue weighted by atomic mass is 10.0. The molecular formula is C23H26N4O4. The van der Waals surface area contributed by atoms with Crippen LogP contribution in [-0.4, -0.2) is 40.9 Å². The van der Waals surface area contributed by atoms with Crippen molar-refractivity contribution in [2.75, 3.05) is 25.0 Å². The van der Waals surface area contributed by atoms with E-state index in [1.807, 2.05) is 17.0 Å². The van der Waals surface area contributed by atoms with Crippen molar-refractivity contribution in [2.45, 2.75) is 32.6 Å². The summed E-state index contributed by atoms with van der Waals surface area (Å²) < 4.78 is 15.7. The molecule has 0 spiro atoms. The van der Waals surface area contributed by atoms with E-state index in [0.717, 1.165) is 42.6 Å². The van der Waals surface area contributed by atoms with Gasteiger partial charge in [-0.05, 0) is 50.3 Å². The van der Waals surface area contributed by atoms with Crippen molar-refractivity contribution in [3.05, 3.63) is 65.4 Å². The van der Waals surface area contributed by atoms with Crippen LogP contribution in [0.25, 0.3) is 6.08 Å². The zero-order valence-electron chi connectivity index (χ0n) is 17.5. The quantitative estimate of drug-likeness (QED) is 0.555. The Balaban J connectivity index is 1.25. The molecular weight excluding hydrogens is 396 g/mol. The van der Waals surface area contributed by atoms with Crippen LogP contribution in [0.15, 0.2) is 57.5 Å². The number of benzene rings is 1. The summed E-state index contributed by atoms with van der Waals surface area (Å²) in [6.07, 6.45) is 10.6. The Hall–Kier alpha value is -3.55. The third-order valence-electron chi connectivity index (χ3n) is 5.28. The normalized spacial score (nSPS) is 13.8. The lowest BCUT2D eigenvalue weighted by molar-refractivity contribution is 0.207. The number of rotatable bonds is 7. The van der Waals surface area contributed by atoms with E-state index < -0.39 is 0 Å². The van der Waals surface area contributed by atoms with Crippen LogP contribution in [0.3, 0.4) is 0 Å². The molecule has 0 bridgehead atoms. The fraction of sp³-hybridized carbons (Fsp3) is 0.348. The second-order valence-corrected chi connectivity index (χ2v) is 7.57. The van der Waals surface area contributed by atoms with Crippen molar-refractivity contribution < 1.29 is 18.6 Å². The van der Waals surface area contributed by atoms with Gasteiger partial charge in [-0.15, -0.1) is 0 Å². The topological polar surface area (TPSA) is 93.6 Å². The van der Waals surface area contributed by atoms with Gasteiger partial charge in [-0.3, -0.25) is 0 Å². The Morgan fingerprint density at radius 2 is 2.13 bits per heavy atom. The van der Waals surface area contributed by atoms with E-state index in [0.29, 0.717) is 31.1 Å². The number of piperidine rings is 1. The monoisotopic (exact) mass is 422 g/mol. The minimum absolute atomic E-state index is 0.119. The van der Waals surface area contributed by atoms with E-state index in [4.69, 9.17) is 13.8 Å². The summed E-state index contributed by atoms with van der Waals surface area (Å²) in [4.78, 5) is 14.2. The van der Waals surface area contributed by atoms with Gasteiger partial charge in [0.1, 0.15) is 17.7 Å². The lowest BCUT2D eigenvalue weighted by Crippen LogP contribution is -2.39. The number of aryl methyl sites for hydroxylation is 2. The van der Waals surface area contributed by atoms with E-state index >= 15 is 0 Å². The molecule has 3 aromatic rings. The zero-order chi connectivity index (χ0) is 21.5. The van der Waals surface area contributed by atoms with Crippen LogP contribution in [0.2, 0.25) is 0 Å². The summed E-state index contributed by atoms with van der Waals surface area (Å²) in [5.74, 6) is 1.46. The molecule has 8 nitrogen and oxygen atoms in total. The summed E-state index contributed by atoms with van der Waals surface area (Å²) in [5.41, 5.74) is 4.14. The molecule has 1 aliphatic heterocycles. The van der Waals surface area contributed by atoms with Crippen molar-refractivity contribution in [3.63, 3.8) is 0 Å². The van der Waals surface area contributed by atoms with E-state index in [-0.39, 0.29) is 6.03 Å². The number of ether oxygens (including phenoxy) is 1. The van der Waals surface area contributed by atoms with Gasteiger partial charge in [0.15, 0.2) is 5.76 Å². The Morgan fingerprint density at radius 1 is 1.26 bits per heavy atom. The Bertz CT molecular complexity index is 1020. The Morgan fingerprint density at radius 3 is 2.87 bits per heavy atom. The second-order valence-electron chi connectivity index (χ2n) is 7.57. The molecule has 0 aliphatic carbocycles. The largest absolute Gasteiger partial charge is 0.494 e. The number of urea groups is 1. The maximum Gasteiger partial charge on any atom is 0.322 e. The van der Waals surface area contributed by atoms with Gasteiger partial charge in [-0.2, -0.15) is 0 Å². The van der Waals surface area contributed by atoms with E-state index in [2.05, 4.69) is 33.8 Å². The number of nitrogens with one attached hydrogen (secondary N) is 1. The van der Waals surface area contributed by atoms with Crippen molar-refractivity contribution in [3.8, 4) is 5.75 Å². The first-order valence-electron chi connectivity index (χ1n) is 10.4. The molecule has 8 heteroatoms. The first kappa shape index (κ1) is 20.7. The van der Waals surface area contributed by atoms with Gasteiger partial charge in [-0.25, -0.2) is 4.79 Å². The van der Waals surface area contributed by atoms with Crippen LogP contribution in [0.5, 0.6) is 5.75 Å². The van der Waals surface area contributed by atoms with Gasteiger partial charge in [0, 0.05) is 18.7 Å². The van der Waals surface area contributed by atoms with Crippen molar-refractivity contribution in [1.82, 2.24) is 15.2 Å². The molecule has 1 aromatic carbocycles. The van der Waals surface area contributed by atoms with Crippen molar-refractivity contribution in [2.24, 2.45) is 0 Å². The molecule has 3 heterocycles. The van der Waals surface area contributed by atoms with Gasteiger partial charge in [0.2, 0.25) is 0 Å². The highest BCUT2D eigenvalue weighted by molar-refractivity contribution is 5.89. The van der Waals surface area contributed by atoms with Crippen LogP contribution in [0.1, 0.15) is 36.1 Å². The Kier molecular flexibility index (Phi) is 6.66. The van der Waals surface area contributed by atoms with Crippen LogP contribution in [0, 0.1) is 6.92 Å². The summed E-state index contributed by atoms with van der Waals surface area (Å²) in [5, 5.41) is 10.2. The minimum Gasteiger partial charge on any atom is -0.494 e. The fourth-order valence-electron chi connectivity index (χ4n) is 3.50.